The summed E-state index contributed by atoms with van der Waals surface area (Å²) in [7, 11) is 0. The van der Waals surface area contributed by atoms with Crippen LogP contribution < -0.4 is 5.73 Å². The molecule has 0 aromatic heterocycles. The average molecular weight is 290 g/mol. The molecule has 21 heavy (non-hydrogen) atoms. The van der Waals surface area contributed by atoms with Gasteiger partial charge in [0.05, 0.1) is 0 Å². The van der Waals surface area contributed by atoms with Crippen molar-refractivity contribution in [1.82, 2.24) is 4.90 Å². The number of hydrogen-bond acceptors (Lipinski definition) is 2. The number of rotatable bonds is 7. The summed E-state index contributed by atoms with van der Waals surface area (Å²) in [5, 5.41) is 0. The smallest absolute Gasteiger partial charge is 0.127 e. The predicted molar refractivity (Wildman–Crippen MR) is 80.8 cm³/mol. The second-order valence-electron chi connectivity index (χ2n) is 5.04. The van der Waals surface area contributed by atoms with Crippen LogP contribution >= 0.6 is 0 Å². The van der Waals surface area contributed by atoms with E-state index in [1.807, 2.05) is 23.1 Å². The van der Waals surface area contributed by atoms with Crippen molar-refractivity contribution in [2.75, 3.05) is 19.6 Å². The fourth-order valence-corrected chi connectivity index (χ4v) is 2.29. The number of nitrogens with two attached hydrogens (primary N) is 1. The summed E-state index contributed by atoms with van der Waals surface area (Å²) in [6.45, 7) is 2.28. The van der Waals surface area contributed by atoms with E-state index in [1.54, 1.807) is 0 Å². The Hall–Kier alpha value is -1.78. The van der Waals surface area contributed by atoms with Gasteiger partial charge in [-0.05, 0) is 30.2 Å². The Morgan fingerprint density at radius 1 is 0.952 bits per heavy atom. The zero-order chi connectivity index (χ0) is 15.1. The van der Waals surface area contributed by atoms with Gasteiger partial charge >= 0.3 is 0 Å². The van der Waals surface area contributed by atoms with Crippen molar-refractivity contribution in [2.45, 2.75) is 13.0 Å². The number of halogens is 2. The Balaban J connectivity index is 2.00. The molecule has 0 aliphatic heterocycles. The van der Waals surface area contributed by atoms with Crippen LogP contribution in [-0.2, 0) is 13.0 Å². The molecule has 4 heteroatoms. The maximum atomic E-state index is 13.7. The Bertz CT molecular complexity index is 558. The van der Waals surface area contributed by atoms with Gasteiger partial charge in [0.1, 0.15) is 11.6 Å². The van der Waals surface area contributed by atoms with Crippen molar-refractivity contribution < 1.29 is 8.78 Å². The second-order valence-corrected chi connectivity index (χ2v) is 5.04. The van der Waals surface area contributed by atoms with Gasteiger partial charge in [-0.2, -0.15) is 0 Å². The van der Waals surface area contributed by atoms with Gasteiger partial charge in [-0.15, -0.1) is 0 Å². The average Bonchev–Trinajstić information content (AvgIpc) is 2.50. The van der Waals surface area contributed by atoms with Gasteiger partial charge in [0.15, 0.2) is 0 Å². The van der Waals surface area contributed by atoms with Crippen molar-refractivity contribution >= 4 is 0 Å². The minimum Gasteiger partial charge on any atom is -0.329 e. The maximum absolute atomic E-state index is 13.7. The molecule has 0 heterocycles. The quantitative estimate of drug-likeness (QED) is 0.849. The topological polar surface area (TPSA) is 29.3 Å². The van der Waals surface area contributed by atoms with E-state index in [4.69, 9.17) is 5.73 Å². The highest BCUT2D eigenvalue weighted by Crippen LogP contribution is 2.13. The summed E-state index contributed by atoms with van der Waals surface area (Å²) in [4.78, 5) is 2.05. The highest BCUT2D eigenvalue weighted by molar-refractivity contribution is 5.19. The van der Waals surface area contributed by atoms with E-state index in [0.717, 1.165) is 19.0 Å². The van der Waals surface area contributed by atoms with E-state index in [9.17, 15) is 8.78 Å². The molecule has 0 saturated heterocycles. The van der Waals surface area contributed by atoms with Gasteiger partial charge in [-0.3, -0.25) is 4.90 Å². The highest BCUT2D eigenvalue weighted by atomic mass is 19.1. The minimum absolute atomic E-state index is 0.369. The molecule has 2 aromatic carbocycles. The summed E-state index contributed by atoms with van der Waals surface area (Å²) in [6, 6.07) is 13.6. The molecule has 2 N–H and O–H groups in total. The van der Waals surface area contributed by atoms with Crippen LogP contribution in [0.15, 0.2) is 48.5 Å². The molecule has 0 bridgehead atoms. The third-order valence-electron chi connectivity index (χ3n) is 3.41. The van der Waals surface area contributed by atoms with Gasteiger partial charge in [0.2, 0.25) is 0 Å². The first-order chi connectivity index (χ1) is 10.2. The fraction of sp³-hybridized carbons (Fsp3) is 0.294. The summed E-state index contributed by atoms with van der Waals surface area (Å²) in [5.74, 6) is -0.791. The van der Waals surface area contributed by atoms with Crippen molar-refractivity contribution in [2.24, 2.45) is 5.73 Å². The molecule has 0 saturated carbocycles. The lowest BCUT2D eigenvalue weighted by Gasteiger charge is -2.22. The summed E-state index contributed by atoms with van der Waals surface area (Å²) >= 11 is 0. The fourth-order valence-electron chi connectivity index (χ4n) is 2.29. The van der Waals surface area contributed by atoms with E-state index in [-0.39, 0.29) is 5.82 Å². The lowest BCUT2D eigenvalue weighted by molar-refractivity contribution is 0.272. The van der Waals surface area contributed by atoms with Gasteiger partial charge in [-0.25, -0.2) is 8.78 Å². The summed E-state index contributed by atoms with van der Waals surface area (Å²) < 4.78 is 26.9. The molecule has 0 aliphatic rings. The summed E-state index contributed by atoms with van der Waals surface area (Å²) in [6.07, 6.45) is 0.859. The molecule has 0 aliphatic carbocycles. The second kappa shape index (κ2) is 7.86. The Kier molecular flexibility index (Phi) is 5.84. The number of benzene rings is 2. The normalized spacial score (nSPS) is 11.0. The molecule has 0 radical (unpaired) electrons. The van der Waals surface area contributed by atoms with Crippen molar-refractivity contribution in [3.05, 3.63) is 71.3 Å². The third kappa shape index (κ3) is 4.92. The zero-order valence-electron chi connectivity index (χ0n) is 11.9. The molecule has 0 unspecified atom stereocenters. The van der Waals surface area contributed by atoms with Crippen molar-refractivity contribution in [1.29, 1.82) is 0 Å². The van der Waals surface area contributed by atoms with E-state index >= 15 is 0 Å². The number of hydrogen-bond donors (Lipinski definition) is 1. The molecular formula is C17H20F2N2. The van der Waals surface area contributed by atoms with Gasteiger partial charge in [0, 0.05) is 31.7 Å². The first kappa shape index (κ1) is 15.6. The van der Waals surface area contributed by atoms with Crippen LogP contribution in [0.2, 0.25) is 0 Å². The largest absolute Gasteiger partial charge is 0.329 e. The molecule has 0 amide bonds. The molecule has 2 aromatic rings. The molecule has 2 nitrogen and oxygen atoms in total. The van der Waals surface area contributed by atoms with Gasteiger partial charge < -0.3 is 5.73 Å². The third-order valence-corrected chi connectivity index (χ3v) is 3.41. The van der Waals surface area contributed by atoms with Crippen LogP contribution in [0.25, 0.3) is 0 Å². The first-order valence-electron chi connectivity index (χ1n) is 7.09. The van der Waals surface area contributed by atoms with E-state index in [1.165, 1.54) is 17.7 Å². The summed E-state index contributed by atoms with van der Waals surface area (Å²) in [5.41, 5.74) is 7.20. The predicted octanol–water partition coefficient (Wildman–Crippen LogP) is 2.97. The lowest BCUT2D eigenvalue weighted by atomic mass is 10.1. The van der Waals surface area contributed by atoms with E-state index < -0.39 is 5.82 Å². The Labute approximate surface area is 124 Å². The van der Waals surface area contributed by atoms with E-state index in [0.29, 0.717) is 25.2 Å². The molecule has 0 fully saturated rings. The maximum Gasteiger partial charge on any atom is 0.127 e. The van der Waals surface area contributed by atoms with Crippen LogP contribution in [0.4, 0.5) is 8.78 Å². The van der Waals surface area contributed by atoms with Crippen LogP contribution in [0.5, 0.6) is 0 Å². The zero-order valence-corrected chi connectivity index (χ0v) is 11.9. The van der Waals surface area contributed by atoms with Crippen LogP contribution in [0, 0.1) is 11.6 Å². The monoisotopic (exact) mass is 290 g/mol. The highest BCUT2D eigenvalue weighted by Gasteiger charge is 2.10. The Morgan fingerprint density at radius 3 is 2.43 bits per heavy atom. The SMILES string of the molecule is NCCN(CCc1ccccc1)Cc1cc(F)ccc1F. The van der Waals surface area contributed by atoms with Crippen molar-refractivity contribution in [3.8, 4) is 0 Å². The van der Waals surface area contributed by atoms with Crippen molar-refractivity contribution in [3.63, 3.8) is 0 Å². The van der Waals surface area contributed by atoms with Crippen LogP contribution in [0.1, 0.15) is 11.1 Å². The van der Waals surface area contributed by atoms with Crippen LogP contribution in [-0.4, -0.2) is 24.5 Å². The molecule has 0 spiro atoms. The van der Waals surface area contributed by atoms with Gasteiger partial charge in [0.25, 0.3) is 0 Å². The molecular weight excluding hydrogens is 270 g/mol. The van der Waals surface area contributed by atoms with Gasteiger partial charge in [-0.1, -0.05) is 30.3 Å². The minimum atomic E-state index is -0.415. The standard InChI is InChI=1S/C17H20F2N2/c18-16-6-7-17(19)15(12-16)13-21(11-9-20)10-8-14-4-2-1-3-5-14/h1-7,12H,8-11,13,20H2. The molecule has 0 atom stereocenters. The van der Waals surface area contributed by atoms with Crippen LogP contribution in [0.3, 0.4) is 0 Å². The molecule has 2 rings (SSSR count). The number of nitrogens with zero attached hydrogens (tertiary/aromatic N) is 1. The first-order valence-corrected chi connectivity index (χ1v) is 7.09. The lowest BCUT2D eigenvalue weighted by Crippen LogP contribution is -2.31. The Morgan fingerprint density at radius 2 is 1.71 bits per heavy atom. The molecule has 112 valence electrons. The van der Waals surface area contributed by atoms with E-state index in [2.05, 4.69) is 12.1 Å².